The van der Waals surface area contributed by atoms with E-state index in [2.05, 4.69) is 32.9 Å². The molecule has 5 unspecified atom stereocenters. The van der Waals surface area contributed by atoms with E-state index in [9.17, 15) is 23.9 Å². The molecule has 3 N–H and O–H groups in total. The highest BCUT2D eigenvalue weighted by molar-refractivity contribution is 7.99. The Labute approximate surface area is 262 Å². The van der Waals surface area contributed by atoms with Gasteiger partial charge in [0.15, 0.2) is 0 Å². The molecular weight excluding hydrogens is 584 g/mol. The number of aliphatic hydroxyl groups is 1. The van der Waals surface area contributed by atoms with Crippen LogP contribution in [0.15, 0.2) is 60.7 Å². The van der Waals surface area contributed by atoms with Crippen molar-refractivity contribution in [2.24, 2.45) is 28.9 Å². The molecule has 1 aliphatic heterocycles. The van der Waals surface area contributed by atoms with Crippen molar-refractivity contribution < 1.29 is 28.3 Å². The molecule has 10 heteroatoms. The van der Waals surface area contributed by atoms with E-state index in [1.165, 1.54) is 36.0 Å². The number of amides is 3. The fraction of sp³-hybridized carbons (Fsp3) is 0.500. The summed E-state index contributed by atoms with van der Waals surface area (Å²) in [6.45, 7) is 6.06. The van der Waals surface area contributed by atoms with E-state index in [0.29, 0.717) is 24.2 Å². The minimum absolute atomic E-state index is 0.0636. The third kappa shape index (κ3) is 8.14. The molecule has 0 bridgehead atoms. The molecule has 1 saturated carbocycles. The van der Waals surface area contributed by atoms with Gasteiger partial charge in [-0.25, -0.2) is 8.78 Å². The summed E-state index contributed by atoms with van der Waals surface area (Å²) in [5.41, 5.74) is 7.25. The molecule has 0 aromatic heterocycles. The van der Waals surface area contributed by atoms with Crippen molar-refractivity contribution in [3.05, 3.63) is 83.4 Å². The number of halogens is 2. The topological polar surface area (TPSA) is 104 Å². The van der Waals surface area contributed by atoms with Crippen molar-refractivity contribution in [1.29, 1.82) is 0 Å². The van der Waals surface area contributed by atoms with Crippen LogP contribution >= 0.6 is 11.8 Å². The summed E-state index contributed by atoms with van der Waals surface area (Å²) < 4.78 is 29.3. The van der Waals surface area contributed by atoms with Gasteiger partial charge in [0.1, 0.15) is 18.2 Å². The third-order valence-electron chi connectivity index (χ3n) is 8.83. The van der Waals surface area contributed by atoms with Crippen LogP contribution in [0.25, 0.3) is 0 Å². The molecule has 4 rings (SSSR count). The largest absolute Gasteiger partial charge is 0.387 e. The lowest BCUT2D eigenvalue weighted by Crippen LogP contribution is -2.55. The molecule has 3 amide bonds. The smallest absolute Gasteiger partial charge is 0.254 e. The standard InChI is InChI=1S/C34H43F2N3O4S/c1-34(2,3)33(38(32(43)19-40)18-23(17-37)20-44-21-39-30(41)11-12-31(39)42)28-15-25(27-16-26(35)9-10-29(27)36)14-24(28)13-22-7-5-4-6-8-22/h4-12,16,23-25,28,33,40H,13-15,17-21,37H2,1-3H3. The van der Waals surface area contributed by atoms with E-state index in [1.54, 1.807) is 4.90 Å². The second kappa shape index (κ2) is 14.8. The van der Waals surface area contributed by atoms with Gasteiger partial charge < -0.3 is 15.7 Å². The van der Waals surface area contributed by atoms with Crippen molar-refractivity contribution in [2.45, 2.75) is 52.0 Å². The molecule has 2 aromatic carbocycles. The molecule has 2 aliphatic rings. The molecule has 1 aliphatic carbocycles. The lowest BCUT2D eigenvalue weighted by molar-refractivity contribution is -0.142. The zero-order chi connectivity index (χ0) is 32.0. The zero-order valence-corrected chi connectivity index (χ0v) is 26.4. The van der Waals surface area contributed by atoms with Crippen LogP contribution < -0.4 is 5.73 Å². The maximum Gasteiger partial charge on any atom is 0.254 e. The molecule has 5 atom stereocenters. The number of nitrogens with two attached hydrogens (primary N) is 1. The van der Waals surface area contributed by atoms with Crippen LogP contribution in [-0.4, -0.2) is 70.0 Å². The Balaban J connectivity index is 1.63. The van der Waals surface area contributed by atoms with Gasteiger partial charge in [-0.2, -0.15) is 0 Å². The summed E-state index contributed by atoms with van der Waals surface area (Å²) in [5, 5.41) is 10.1. The number of aliphatic hydroxyl groups excluding tert-OH is 1. The number of benzene rings is 2. The molecule has 1 fully saturated rings. The van der Waals surface area contributed by atoms with E-state index in [0.717, 1.165) is 23.0 Å². The van der Waals surface area contributed by atoms with Crippen molar-refractivity contribution >= 4 is 29.5 Å². The predicted molar refractivity (Wildman–Crippen MR) is 168 cm³/mol. The van der Waals surface area contributed by atoms with Crippen molar-refractivity contribution in [3.63, 3.8) is 0 Å². The quantitative estimate of drug-likeness (QED) is 0.311. The van der Waals surface area contributed by atoms with Gasteiger partial charge in [-0.05, 0) is 84.2 Å². The number of carbonyl (C=O) groups is 3. The summed E-state index contributed by atoms with van der Waals surface area (Å²) in [6, 6.07) is 13.3. The van der Waals surface area contributed by atoms with Gasteiger partial charge in [0, 0.05) is 30.5 Å². The highest BCUT2D eigenvalue weighted by Crippen LogP contribution is 2.50. The molecule has 0 saturated heterocycles. The predicted octanol–water partition coefficient (Wildman–Crippen LogP) is 4.74. The van der Waals surface area contributed by atoms with Gasteiger partial charge >= 0.3 is 0 Å². The Hall–Kier alpha value is -3.08. The molecule has 0 radical (unpaired) electrons. The summed E-state index contributed by atoms with van der Waals surface area (Å²) in [5.74, 6) is -1.78. The Bertz CT molecular complexity index is 1330. The van der Waals surface area contributed by atoms with E-state index in [4.69, 9.17) is 5.73 Å². The van der Waals surface area contributed by atoms with Gasteiger partial charge in [0.2, 0.25) is 5.91 Å². The Morgan fingerprint density at radius 2 is 1.77 bits per heavy atom. The molecule has 7 nitrogen and oxygen atoms in total. The number of hydrogen-bond acceptors (Lipinski definition) is 6. The monoisotopic (exact) mass is 627 g/mol. The fourth-order valence-corrected chi connectivity index (χ4v) is 8.04. The van der Waals surface area contributed by atoms with E-state index in [-0.39, 0.29) is 60.5 Å². The second-order valence-corrected chi connectivity index (χ2v) is 14.0. The average Bonchev–Trinajstić information content (AvgIpc) is 3.54. The molecule has 1 heterocycles. The number of rotatable bonds is 13. The zero-order valence-electron chi connectivity index (χ0n) is 25.6. The number of hydrogen-bond donors (Lipinski definition) is 2. The minimum atomic E-state index is -0.669. The minimum Gasteiger partial charge on any atom is -0.387 e. The first-order valence-electron chi connectivity index (χ1n) is 15.1. The van der Waals surface area contributed by atoms with E-state index >= 15 is 4.39 Å². The summed E-state index contributed by atoms with van der Waals surface area (Å²) in [4.78, 5) is 40.3. The first-order valence-corrected chi connectivity index (χ1v) is 16.3. The normalized spacial score (nSPS) is 21.6. The van der Waals surface area contributed by atoms with Crippen LogP contribution in [0.2, 0.25) is 0 Å². The van der Waals surface area contributed by atoms with Crippen LogP contribution in [-0.2, 0) is 20.8 Å². The SMILES string of the molecule is CC(C)(C)C(C1CC(c2cc(F)ccc2F)CC1Cc1ccccc1)N(CC(CN)CSCN1C(=O)C=CC1=O)C(=O)CO. The first-order chi connectivity index (χ1) is 20.9. The van der Waals surface area contributed by atoms with Crippen LogP contribution in [0.5, 0.6) is 0 Å². The third-order valence-corrected chi connectivity index (χ3v) is 9.98. The fourth-order valence-electron chi connectivity index (χ4n) is 6.92. The van der Waals surface area contributed by atoms with Gasteiger partial charge in [0.05, 0.1) is 5.88 Å². The lowest BCUT2D eigenvalue weighted by Gasteiger charge is -2.46. The molecule has 2 aromatic rings. The van der Waals surface area contributed by atoms with Crippen LogP contribution in [0.4, 0.5) is 8.78 Å². The van der Waals surface area contributed by atoms with E-state index < -0.39 is 29.6 Å². The number of imide groups is 1. The maximum absolute atomic E-state index is 15.0. The van der Waals surface area contributed by atoms with Crippen molar-refractivity contribution in [2.75, 3.05) is 31.3 Å². The van der Waals surface area contributed by atoms with Crippen molar-refractivity contribution in [1.82, 2.24) is 9.80 Å². The summed E-state index contributed by atoms with van der Waals surface area (Å²) in [6.07, 6.45) is 4.40. The van der Waals surface area contributed by atoms with Crippen molar-refractivity contribution in [3.8, 4) is 0 Å². The Kier molecular flexibility index (Phi) is 11.4. The van der Waals surface area contributed by atoms with Gasteiger partial charge in [-0.15, -0.1) is 11.8 Å². The molecular formula is C34H43F2N3O4S. The summed E-state index contributed by atoms with van der Waals surface area (Å²) in [7, 11) is 0. The maximum atomic E-state index is 15.0. The van der Waals surface area contributed by atoms with Gasteiger partial charge in [-0.1, -0.05) is 51.1 Å². The molecule has 238 valence electrons. The Morgan fingerprint density at radius 3 is 2.39 bits per heavy atom. The van der Waals surface area contributed by atoms with Crippen LogP contribution in [0.3, 0.4) is 0 Å². The highest BCUT2D eigenvalue weighted by Gasteiger charge is 2.47. The number of carbonyl (C=O) groups excluding carboxylic acids is 3. The first kappa shape index (κ1) is 33.8. The summed E-state index contributed by atoms with van der Waals surface area (Å²) >= 11 is 1.39. The van der Waals surface area contributed by atoms with E-state index in [1.807, 2.05) is 18.2 Å². The highest BCUT2D eigenvalue weighted by atomic mass is 32.2. The second-order valence-electron chi connectivity index (χ2n) is 13.0. The average molecular weight is 628 g/mol. The lowest BCUT2D eigenvalue weighted by atomic mass is 9.72. The van der Waals surface area contributed by atoms with Gasteiger partial charge in [-0.3, -0.25) is 19.3 Å². The number of nitrogens with zero attached hydrogens (tertiary/aromatic N) is 2. The van der Waals surface area contributed by atoms with Crippen LogP contribution in [0.1, 0.15) is 50.7 Å². The molecule has 0 spiro atoms. The number of thioether (sulfide) groups is 1. The van der Waals surface area contributed by atoms with Crippen LogP contribution in [0, 0.1) is 34.8 Å². The molecule has 44 heavy (non-hydrogen) atoms. The van der Waals surface area contributed by atoms with Gasteiger partial charge in [0.25, 0.3) is 11.8 Å². The Morgan fingerprint density at radius 1 is 1.09 bits per heavy atom.